The fraction of sp³-hybridized carbons (Fsp3) is 0.467. The summed E-state index contributed by atoms with van der Waals surface area (Å²) in [7, 11) is 0. The van der Waals surface area contributed by atoms with E-state index in [1.165, 1.54) is 32.1 Å². The lowest BCUT2D eigenvalue weighted by atomic mass is 10.0. The monoisotopic (exact) mass is 489 g/mol. The Morgan fingerprint density at radius 1 is 0.917 bits per heavy atom. The zero-order chi connectivity index (χ0) is 25.5. The average Bonchev–Trinajstić information content (AvgIpc) is 3.58. The number of hydrogen-bond acceptors (Lipinski definition) is 3. The van der Waals surface area contributed by atoms with Gasteiger partial charge in [-0.25, -0.2) is 0 Å². The van der Waals surface area contributed by atoms with Crippen molar-refractivity contribution in [2.45, 2.75) is 84.2 Å². The molecule has 1 aliphatic rings. The lowest BCUT2D eigenvalue weighted by Crippen LogP contribution is -2.48. The molecule has 1 unspecified atom stereocenters. The van der Waals surface area contributed by atoms with E-state index in [2.05, 4.69) is 11.5 Å². The van der Waals surface area contributed by atoms with Crippen molar-refractivity contribution in [3.63, 3.8) is 0 Å². The van der Waals surface area contributed by atoms with Crippen LogP contribution in [0.3, 0.4) is 0 Å². The molecule has 2 amide bonds. The summed E-state index contributed by atoms with van der Waals surface area (Å²) in [5, 5.41) is 0. The first-order valence-corrected chi connectivity index (χ1v) is 13.4. The summed E-state index contributed by atoms with van der Waals surface area (Å²) in [6.07, 6.45) is 12.3. The molecule has 0 bridgehead atoms. The molecule has 0 saturated carbocycles. The highest BCUT2D eigenvalue weighted by Gasteiger charge is 2.38. The highest BCUT2D eigenvalue weighted by atomic mass is 16.3. The maximum Gasteiger partial charge on any atom is 0.247 e. The lowest BCUT2D eigenvalue weighted by Gasteiger charge is -2.38. The van der Waals surface area contributed by atoms with Crippen LogP contribution in [0.1, 0.15) is 89.6 Å². The van der Waals surface area contributed by atoms with Gasteiger partial charge in [0.2, 0.25) is 11.8 Å². The third kappa shape index (κ3) is 5.58. The Morgan fingerprint density at radius 3 is 2.33 bits per heavy atom. The van der Waals surface area contributed by atoms with Gasteiger partial charge in [-0.15, -0.1) is 0 Å². The third-order valence-electron chi connectivity index (χ3n) is 7.04. The zero-order valence-corrected chi connectivity index (χ0v) is 21.9. The lowest BCUT2D eigenvalue weighted by molar-refractivity contribution is -0.137. The standard InChI is InChI=1S/C30H39N3O3/c1-4-5-6-7-8-9-10-19-28(34)32(23(2)3)22-29(35)33-25-16-12-11-15-24(25)31-20-13-17-26(31)30(33)27-18-14-21-36-27/h11-18,20-21,23,30H,4-10,19,22H2,1-3H3. The first-order valence-electron chi connectivity index (χ1n) is 13.4. The largest absolute Gasteiger partial charge is 0.467 e. The van der Waals surface area contributed by atoms with Gasteiger partial charge in [0.15, 0.2) is 0 Å². The molecule has 0 N–H and O–H groups in total. The Kier molecular flexibility index (Phi) is 8.68. The highest BCUT2D eigenvalue weighted by Crippen LogP contribution is 2.42. The van der Waals surface area contributed by atoms with E-state index < -0.39 is 6.04 Å². The van der Waals surface area contributed by atoms with E-state index in [-0.39, 0.29) is 24.4 Å². The van der Waals surface area contributed by atoms with E-state index in [0.29, 0.717) is 12.2 Å². The predicted molar refractivity (Wildman–Crippen MR) is 143 cm³/mol. The maximum atomic E-state index is 14.0. The second-order valence-electron chi connectivity index (χ2n) is 9.96. The molecule has 1 aliphatic heterocycles. The van der Waals surface area contributed by atoms with Crippen LogP contribution in [0.2, 0.25) is 0 Å². The van der Waals surface area contributed by atoms with Gasteiger partial charge in [0.25, 0.3) is 0 Å². The van der Waals surface area contributed by atoms with E-state index >= 15 is 0 Å². The molecule has 2 aromatic heterocycles. The summed E-state index contributed by atoms with van der Waals surface area (Å²) in [6.45, 7) is 6.22. The van der Waals surface area contributed by atoms with Gasteiger partial charge in [-0.1, -0.05) is 57.6 Å². The summed E-state index contributed by atoms with van der Waals surface area (Å²) in [5.74, 6) is 0.636. The Hall–Kier alpha value is -3.28. The molecule has 1 atom stereocenters. The number of carbonyl (C=O) groups excluding carboxylic acids is 2. The number of rotatable bonds is 12. The fourth-order valence-electron chi connectivity index (χ4n) is 5.14. The number of anilines is 1. The Balaban J connectivity index is 1.51. The number of carbonyl (C=O) groups is 2. The van der Waals surface area contributed by atoms with Crippen molar-refractivity contribution < 1.29 is 14.0 Å². The summed E-state index contributed by atoms with van der Waals surface area (Å²) in [6, 6.07) is 15.2. The van der Waals surface area contributed by atoms with Gasteiger partial charge in [-0.3, -0.25) is 14.5 Å². The molecule has 192 valence electrons. The molecular weight excluding hydrogens is 450 g/mol. The van der Waals surface area contributed by atoms with Crippen LogP contribution in [0.15, 0.2) is 65.4 Å². The number of furan rings is 1. The van der Waals surface area contributed by atoms with Gasteiger partial charge in [0.1, 0.15) is 18.3 Å². The van der Waals surface area contributed by atoms with Crippen LogP contribution in [0.4, 0.5) is 5.69 Å². The van der Waals surface area contributed by atoms with Crippen LogP contribution >= 0.6 is 0 Å². The van der Waals surface area contributed by atoms with Crippen LogP contribution in [0.5, 0.6) is 0 Å². The SMILES string of the molecule is CCCCCCCCCC(=O)N(CC(=O)N1c2ccccc2-n2cccc2C1c1ccco1)C(C)C. The molecule has 4 rings (SSSR count). The number of aromatic nitrogens is 1. The maximum absolute atomic E-state index is 14.0. The van der Waals surface area contributed by atoms with E-state index in [4.69, 9.17) is 4.42 Å². The van der Waals surface area contributed by atoms with E-state index in [1.807, 2.05) is 68.6 Å². The fourth-order valence-corrected chi connectivity index (χ4v) is 5.14. The Labute approximate surface area is 214 Å². The predicted octanol–water partition coefficient (Wildman–Crippen LogP) is 6.88. The number of para-hydroxylation sites is 2. The number of hydrogen-bond donors (Lipinski definition) is 0. The minimum absolute atomic E-state index is 0.0409. The van der Waals surface area contributed by atoms with Gasteiger partial charge >= 0.3 is 0 Å². The second kappa shape index (κ2) is 12.1. The molecule has 0 fully saturated rings. The molecule has 3 aromatic rings. The van der Waals surface area contributed by atoms with E-state index in [9.17, 15) is 9.59 Å². The highest BCUT2D eigenvalue weighted by molar-refractivity contribution is 6.00. The number of benzene rings is 1. The molecule has 0 aliphatic carbocycles. The molecule has 1 aromatic carbocycles. The number of fused-ring (bicyclic) bond motifs is 3. The number of amides is 2. The Bertz CT molecular complexity index is 1130. The molecule has 36 heavy (non-hydrogen) atoms. The smallest absolute Gasteiger partial charge is 0.247 e. The van der Waals surface area contributed by atoms with Crippen molar-refractivity contribution in [1.29, 1.82) is 0 Å². The molecular formula is C30H39N3O3. The zero-order valence-electron chi connectivity index (χ0n) is 21.9. The first-order chi connectivity index (χ1) is 17.5. The quantitative estimate of drug-likeness (QED) is 0.260. The summed E-state index contributed by atoms with van der Waals surface area (Å²) < 4.78 is 7.92. The van der Waals surface area contributed by atoms with Crippen LogP contribution in [0, 0.1) is 0 Å². The first kappa shape index (κ1) is 25.8. The van der Waals surface area contributed by atoms with E-state index in [1.54, 1.807) is 16.1 Å². The van der Waals surface area contributed by atoms with Crippen molar-refractivity contribution in [1.82, 2.24) is 9.47 Å². The molecule has 6 nitrogen and oxygen atoms in total. The van der Waals surface area contributed by atoms with Gasteiger partial charge in [-0.2, -0.15) is 0 Å². The van der Waals surface area contributed by atoms with Gasteiger partial charge in [0, 0.05) is 18.7 Å². The second-order valence-corrected chi connectivity index (χ2v) is 9.96. The molecule has 0 radical (unpaired) electrons. The van der Waals surface area contributed by atoms with E-state index in [0.717, 1.165) is 29.9 Å². The molecule has 0 spiro atoms. The van der Waals surface area contributed by atoms with Crippen molar-refractivity contribution in [2.24, 2.45) is 0 Å². The molecule has 0 saturated heterocycles. The summed E-state index contributed by atoms with van der Waals surface area (Å²) >= 11 is 0. The minimum Gasteiger partial charge on any atom is -0.467 e. The summed E-state index contributed by atoms with van der Waals surface area (Å²) in [5.41, 5.74) is 2.72. The molecule has 3 heterocycles. The average molecular weight is 490 g/mol. The van der Waals surface area contributed by atoms with Crippen LogP contribution < -0.4 is 4.90 Å². The van der Waals surface area contributed by atoms with Crippen molar-refractivity contribution in [3.05, 3.63) is 72.4 Å². The topological polar surface area (TPSA) is 58.7 Å². The normalized spacial score (nSPS) is 14.6. The van der Waals surface area contributed by atoms with Crippen LogP contribution in [0.25, 0.3) is 5.69 Å². The Morgan fingerprint density at radius 2 is 1.64 bits per heavy atom. The minimum atomic E-state index is -0.398. The number of unbranched alkanes of at least 4 members (excludes halogenated alkanes) is 6. The van der Waals surface area contributed by atoms with Gasteiger partial charge in [-0.05, 0) is 56.7 Å². The van der Waals surface area contributed by atoms with Crippen LogP contribution in [-0.4, -0.2) is 33.9 Å². The molecule has 6 heteroatoms. The third-order valence-corrected chi connectivity index (χ3v) is 7.04. The number of nitrogens with zero attached hydrogens (tertiary/aromatic N) is 3. The summed E-state index contributed by atoms with van der Waals surface area (Å²) in [4.78, 5) is 30.7. The van der Waals surface area contributed by atoms with Crippen molar-refractivity contribution in [3.8, 4) is 5.69 Å². The van der Waals surface area contributed by atoms with Gasteiger partial charge < -0.3 is 13.9 Å². The van der Waals surface area contributed by atoms with Crippen molar-refractivity contribution in [2.75, 3.05) is 11.4 Å². The van der Waals surface area contributed by atoms with Crippen LogP contribution in [-0.2, 0) is 9.59 Å². The van der Waals surface area contributed by atoms with Gasteiger partial charge in [0.05, 0.1) is 23.3 Å². The van der Waals surface area contributed by atoms with Crippen molar-refractivity contribution >= 4 is 17.5 Å².